The third-order valence-electron chi connectivity index (χ3n) is 4.23. The van der Waals surface area contributed by atoms with Crippen molar-refractivity contribution in [3.05, 3.63) is 83.1 Å². The zero-order chi connectivity index (χ0) is 19.5. The van der Waals surface area contributed by atoms with Gasteiger partial charge in [-0.15, -0.1) is 0 Å². The summed E-state index contributed by atoms with van der Waals surface area (Å²) in [5, 5.41) is 30.9. The fraction of sp³-hybridized carbons (Fsp3) is 0. The van der Waals surface area contributed by atoms with E-state index in [1.807, 2.05) is 54.6 Å². The lowest BCUT2D eigenvalue weighted by Gasteiger charge is -2.09. The van der Waals surface area contributed by atoms with E-state index in [0.717, 1.165) is 16.7 Å². The van der Waals surface area contributed by atoms with Crippen LogP contribution in [0.2, 0.25) is 0 Å². The topological polar surface area (TPSA) is 86.4 Å². The molecule has 0 fully saturated rings. The number of nitrogens with zero attached hydrogens (tertiary/aromatic N) is 3. The molecular weight excluding hydrogens is 372 g/mol. The van der Waals surface area contributed by atoms with Gasteiger partial charge >= 0.3 is 0 Å². The molecule has 3 N–H and O–H groups in total. The molecule has 0 unspecified atom stereocenters. The van der Waals surface area contributed by atoms with E-state index in [1.165, 1.54) is 23.0 Å². The van der Waals surface area contributed by atoms with E-state index in [1.54, 1.807) is 6.07 Å². The molecule has 0 bridgehead atoms. The summed E-state index contributed by atoms with van der Waals surface area (Å²) < 4.78 is 1.83. The van der Waals surface area contributed by atoms with Crippen molar-refractivity contribution in [3.8, 4) is 34.0 Å². The number of hydrogen-bond acceptors (Lipinski definition) is 5. The molecule has 3 aromatic carbocycles. The largest absolute Gasteiger partial charge is 0.508 e. The molecule has 6 nitrogen and oxygen atoms in total. The highest BCUT2D eigenvalue weighted by atomic mass is 32.1. The van der Waals surface area contributed by atoms with Gasteiger partial charge in [0.25, 0.3) is 0 Å². The minimum Gasteiger partial charge on any atom is -0.508 e. The molecule has 0 spiro atoms. The van der Waals surface area contributed by atoms with Crippen LogP contribution in [0.1, 0.15) is 5.56 Å². The van der Waals surface area contributed by atoms with Crippen LogP contribution in [0.3, 0.4) is 0 Å². The monoisotopic (exact) mass is 388 g/mol. The van der Waals surface area contributed by atoms with E-state index in [2.05, 4.69) is 15.3 Å². The molecule has 138 valence electrons. The van der Waals surface area contributed by atoms with Gasteiger partial charge in [0.2, 0.25) is 4.77 Å². The van der Waals surface area contributed by atoms with Crippen LogP contribution in [0.15, 0.2) is 77.9 Å². The first-order valence-corrected chi connectivity index (χ1v) is 8.93. The summed E-state index contributed by atoms with van der Waals surface area (Å²) in [5.41, 5.74) is 3.37. The molecule has 0 aliphatic heterocycles. The number of phenols is 2. The standard InChI is InChI=1S/C21H16N4O2S/c26-16-11-10-15(19(27)12-16)13-22-25-20(23-24-21(25)28)18-9-5-4-8-17(18)14-6-2-1-3-7-14/h1-13,26-27H,(H,24,28)/b22-13+. The van der Waals surface area contributed by atoms with Gasteiger partial charge in [-0.3, -0.25) is 0 Å². The van der Waals surface area contributed by atoms with Gasteiger partial charge in [-0.2, -0.15) is 14.9 Å². The van der Waals surface area contributed by atoms with Crippen molar-refractivity contribution in [3.63, 3.8) is 0 Å². The number of H-pyrrole nitrogens is 1. The normalized spacial score (nSPS) is 11.1. The fourth-order valence-electron chi connectivity index (χ4n) is 2.88. The Kier molecular flexibility index (Phi) is 4.74. The third kappa shape index (κ3) is 3.43. The zero-order valence-electron chi connectivity index (χ0n) is 14.6. The Morgan fingerprint density at radius 2 is 1.64 bits per heavy atom. The second kappa shape index (κ2) is 7.50. The van der Waals surface area contributed by atoms with E-state index >= 15 is 0 Å². The molecule has 1 aromatic heterocycles. The molecule has 0 radical (unpaired) electrons. The smallest absolute Gasteiger partial charge is 0.216 e. The van der Waals surface area contributed by atoms with Crippen LogP contribution in [0, 0.1) is 4.77 Å². The molecule has 0 aliphatic carbocycles. The molecule has 1 heterocycles. The molecule has 28 heavy (non-hydrogen) atoms. The lowest BCUT2D eigenvalue weighted by molar-refractivity contribution is 0.450. The van der Waals surface area contributed by atoms with Gasteiger partial charge in [0.15, 0.2) is 5.82 Å². The van der Waals surface area contributed by atoms with Crippen molar-refractivity contribution in [1.29, 1.82) is 0 Å². The number of hydrogen-bond donors (Lipinski definition) is 3. The van der Waals surface area contributed by atoms with E-state index < -0.39 is 0 Å². The maximum Gasteiger partial charge on any atom is 0.216 e. The number of benzene rings is 3. The maximum atomic E-state index is 9.96. The van der Waals surface area contributed by atoms with Crippen molar-refractivity contribution in [2.24, 2.45) is 5.10 Å². The number of aromatic hydroxyl groups is 2. The molecule has 0 atom stereocenters. The summed E-state index contributed by atoms with van der Waals surface area (Å²) in [5.74, 6) is 0.455. The Morgan fingerprint density at radius 1 is 0.929 bits per heavy atom. The molecule has 4 aromatic rings. The molecular formula is C21H16N4O2S. The van der Waals surface area contributed by atoms with Gasteiger partial charge in [0.05, 0.1) is 6.21 Å². The fourth-order valence-corrected chi connectivity index (χ4v) is 3.06. The Labute approximate surface area is 166 Å². The quantitative estimate of drug-likeness (QED) is 0.353. The average molecular weight is 388 g/mol. The highest BCUT2D eigenvalue weighted by Crippen LogP contribution is 2.31. The van der Waals surface area contributed by atoms with Crippen LogP contribution in [0.5, 0.6) is 11.5 Å². The zero-order valence-corrected chi connectivity index (χ0v) is 15.5. The lowest BCUT2D eigenvalue weighted by Crippen LogP contribution is -1.97. The van der Waals surface area contributed by atoms with E-state index in [9.17, 15) is 10.2 Å². The van der Waals surface area contributed by atoms with Crippen molar-refractivity contribution < 1.29 is 10.2 Å². The summed E-state index contributed by atoms with van der Waals surface area (Å²) in [4.78, 5) is 0. The molecule has 0 aliphatic rings. The lowest BCUT2D eigenvalue weighted by atomic mass is 9.99. The van der Waals surface area contributed by atoms with Crippen LogP contribution < -0.4 is 0 Å². The van der Waals surface area contributed by atoms with Crippen molar-refractivity contribution in [2.75, 3.05) is 0 Å². The first kappa shape index (κ1) is 17.7. The average Bonchev–Trinajstić information content (AvgIpc) is 3.08. The van der Waals surface area contributed by atoms with Gasteiger partial charge < -0.3 is 10.2 Å². The minimum atomic E-state index is -0.0787. The maximum absolute atomic E-state index is 9.96. The predicted octanol–water partition coefficient (Wildman–Crippen LogP) is 4.57. The summed E-state index contributed by atoms with van der Waals surface area (Å²) in [6.07, 6.45) is 1.47. The molecule has 0 amide bonds. The highest BCUT2D eigenvalue weighted by Gasteiger charge is 2.13. The van der Waals surface area contributed by atoms with Crippen molar-refractivity contribution in [1.82, 2.24) is 14.9 Å². The van der Waals surface area contributed by atoms with Crippen molar-refractivity contribution >= 4 is 18.4 Å². The Bertz CT molecular complexity index is 1210. The Balaban J connectivity index is 1.80. The Morgan fingerprint density at radius 3 is 2.39 bits per heavy atom. The van der Waals surface area contributed by atoms with Crippen LogP contribution >= 0.6 is 12.2 Å². The molecule has 0 saturated heterocycles. The number of phenolic OH excluding ortho intramolecular Hbond substituents is 2. The molecule has 7 heteroatoms. The number of nitrogens with one attached hydrogen (secondary N) is 1. The van der Waals surface area contributed by atoms with Crippen LogP contribution in [0.25, 0.3) is 22.5 Å². The first-order chi connectivity index (χ1) is 13.6. The summed E-state index contributed by atoms with van der Waals surface area (Å²) >= 11 is 5.33. The van der Waals surface area contributed by atoms with Crippen LogP contribution in [-0.4, -0.2) is 31.3 Å². The van der Waals surface area contributed by atoms with Gasteiger partial charge in [0.1, 0.15) is 11.5 Å². The van der Waals surface area contributed by atoms with E-state index in [-0.39, 0.29) is 11.5 Å². The molecule has 0 saturated carbocycles. The first-order valence-electron chi connectivity index (χ1n) is 8.52. The SMILES string of the molecule is Oc1ccc(/C=N/n2c(-c3ccccc3-c3ccccc3)n[nH]c2=S)c(O)c1. The van der Waals surface area contributed by atoms with Crippen molar-refractivity contribution in [2.45, 2.75) is 0 Å². The minimum absolute atomic E-state index is 0.0212. The van der Waals surface area contributed by atoms with Gasteiger partial charge in [0, 0.05) is 17.2 Å². The van der Waals surface area contributed by atoms with Gasteiger partial charge in [-0.05, 0) is 35.5 Å². The number of aromatic amines is 1. The third-order valence-corrected chi connectivity index (χ3v) is 4.49. The Hall–Kier alpha value is -3.71. The predicted molar refractivity (Wildman–Crippen MR) is 111 cm³/mol. The van der Waals surface area contributed by atoms with Gasteiger partial charge in [-0.1, -0.05) is 54.6 Å². The second-order valence-electron chi connectivity index (χ2n) is 6.06. The van der Waals surface area contributed by atoms with Crippen LogP contribution in [-0.2, 0) is 0 Å². The van der Waals surface area contributed by atoms with Crippen LogP contribution in [0.4, 0.5) is 0 Å². The van der Waals surface area contributed by atoms with Gasteiger partial charge in [-0.25, -0.2) is 5.10 Å². The number of rotatable bonds is 4. The number of aromatic nitrogens is 3. The highest BCUT2D eigenvalue weighted by molar-refractivity contribution is 7.71. The summed E-state index contributed by atoms with van der Waals surface area (Å²) in [6.45, 7) is 0. The van der Waals surface area contributed by atoms with E-state index in [0.29, 0.717) is 16.2 Å². The van der Waals surface area contributed by atoms with E-state index in [4.69, 9.17) is 12.2 Å². The summed E-state index contributed by atoms with van der Waals surface area (Å²) in [7, 11) is 0. The summed E-state index contributed by atoms with van der Waals surface area (Å²) in [6, 6.07) is 22.2. The molecule has 4 rings (SSSR count). The second-order valence-corrected chi connectivity index (χ2v) is 6.45.